The van der Waals surface area contributed by atoms with Crippen molar-refractivity contribution in [1.82, 2.24) is 9.97 Å². The molecular formula is C16H11N3O3. The fraction of sp³-hybridized carbons (Fsp3) is 0.125. The van der Waals surface area contributed by atoms with Gasteiger partial charge in [-0.15, -0.1) is 0 Å². The number of aromatic nitrogens is 2. The summed E-state index contributed by atoms with van der Waals surface area (Å²) in [7, 11) is 0. The summed E-state index contributed by atoms with van der Waals surface area (Å²) < 4.78 is 5.67. The topological polar surface area (TPSA) is 81.5 Å². The number of para-hydroxylation sites is 2. The second-order valence-corrected chi connectivity index (χ2v) is 5.11. The molecule has 1 aliphatic rings. The van der Waals surface area contributed by atoms with Crippen LogP contribution in [0.4, 0.5) is 5.69 Å². The third kappa shape index (κ3) is 2.19. The van der Waals surface area contributed by atoms with Gasteiger partial charge in [0.1, 0.15) is 12.2 Å². The highest BCUT2D eigenvalue weighted by molar-refractivity contribution is 5.73. The number of nitrogens with zero attached hydrogens (tertiary/aromatic N) is 3. The number of hydrogen-bond donors (Lipinski definition) is 0. The van der Waals surface area contributed by atoms with E-state index in [0.717, 1.165) is 22.3 Å². The average molecular weight is 293 g/mol. The van der Waals surface area contributed by atoms with Gasteiger partial charge in [-0.25, -0.2) is 4.98 Å². The van der Waals surface area contributed by atoms with Crippen LogP contribution >= 0.6 is 0 Å². The summed E-state index contributed by atoms with van der Waals surface area (Å²) in [6.45, 7) is 0. The predicted octanol–water partition coefficient (Wildman–Crippen LogP) is 3.35. The Morgan fingerprint density at radius 3 is 2.45 bits per heavy atom. The zero-order valence-electron chi connectivity index (χ0n) is 11.4. The van der Waals surface area contributed by atoms with E-state index in [9.17, 15) is 10.1 Å². The van der Waals surface area contributed by atoms with E-state index in [1.807, 2.05) is 24.3 Å². The minimum Gasteiger partial charge on any atom is -0.358 e. The van der Waals surface area contributed by atoms with Crippen molar-refractivity contribution in [1.29, 1.82) is 0 Å². The molecule has 2 atom stereocenters. The Kier molecular flexibility index (Phi) is 2.83. The van der Waals surface area contributed by atoms with E-state index < -0.39 is 4.92 Å². The van der Waals surface area contributed by atoms with Gasteiger partial charge in [0.2, 0.25) is 0 Å². The van der Waals surface area contributed by atoms with Crippen LogP contribution in [0.2, 0.25) is 0 Å². The Hall–Kier alpha value is -2.86. The van der Waals surface area contributed by atoms with E-state index in [1.165, 1.54) is 12.1 Å². The lowest BCUT2D eigenvalue weighted by Gasteiger charge is -1.99. The molecule has 0 aliphatic carbocycles. The molecule has 2 heterocycles. The fourth-order valence-electron chi connectivity index (χ4n) is 2.49. The highest BCUT2D eigenvalue weighted by Gasteiger charge is 2.43. The molecule has 6 heteroatoms. The van der Waals surface area contributed by atoms with Crippen LogP contribution in [0.3, 0.4) is 0 Å². The molecule has 0 saturated carbocycles. The molecule has 0 N–H and O–H groups in total. The predicted molar refractivity (Wildman–Crippen MR) is 79.2 cm³/mol. The summed E-state index contributed by atoms with van der Waals surface area (Å²) in [5, 5.41) is 10.7. The first-order chi connectivity index (χ1) is 10.7. The summed E-state index contributed by atoms with van der Waals surface area (Å²) in [4.78, 5) is 19.2. The van der Waals surface area contributed by atoms with Crippen LogP contribution in [0.1, 0.15) is 23.5 Å². The standard InChI is InChI=1S/C16H11N3O3/c20-19(21)11-7-5-10(6-8-11)15-16(22-15)14-9-17-12-3-1-2-4-13(12)18-14/h1-9,15-16H/t15-,16+/m1/s1. The van der Waals surface area contributed by atoms with Crippen molar-refractivity contribution in [3.8, 4) is 0 Å². The quantitative estimate of drug-likeness (QED) is 0.420. The van der Waals surface area contributed by atoms with Gasteiger partial charge < -0.3 is 4.74 Å². The lowest BCUT2D eigenvalue weighted by molar-refractivity contribution is -0.384. The summed E-state index contributed by atoms with van der Waals surface area (Å²) in [6, 6.07) is 14.1. The average Bonchev–Trinajstić information content (AvgIpc) is 3.35. The van der Waals surface area contributed by atoms with E-state index in [0.29, 0.717) is 0 Å². The van der Waals surface area contributed by atoms with Gasteiger partial charge in [0.15, 0.2) is 0 Å². The molecule has 4 rings (SSSR count). The molecule has 0 radical (unpaired) electrons. The molecule has 1 saturated heterocycles. The molecule has 0 spiro atoms. The lowest BCUT2D eigenvalue weighted by Crippen LogP contribution is -1.93. The van der Waals surface area contributed by atoms with Crippen LogP contribution in [-0.4, -0.2) is 14.9 Å². The zero-order chi connectivity index (χ0) is 15.1. The third-order valence-electron chi connectivity index (χ3n) is 3.68. The fourth-order valence-corrected chi connectivity index (χ4v) is 2.49. The van der Waals surface area contributed by atoms with Crippen molar-refractivity contribution in [2.75, 3.05) is 0 Å². The van der Waals surface area contributed by atoms with Crippen LogP contribution in [0.25, 0.3) is 11.0 Å². The van der Waals surface area contributed by atoms with Crippen molar-refractivity contribution in [2.45, 2.75) is 12.2 Å². The molecule has 1 aliphatic heterocycles. The van der Waals surface area contributed by atoms with Gasteiger partial charge >= 0.3 is 0 Å². The SMILES string of the molecule is O=[N+]([O-])c1ccc([C@H]2O[C@H]2c2cnc3ccccc3n2)cc1. The number of nitro benzene ring substituents is 1. The van der Waals surface area contributed by atoms with Gasteiger partial charge in [0, 0.05) is 12.1 Å². The second-order valence-electron chi connectivity index (χ2n) is 5.11. The minimum absolute atomic E-state index is 0.0754. The Balaban J connectivity index is 1.58. The van der Waals surface area contributed by atoms with Gasteiger partial charge in [-0.2, -0.15) is 0 Å². The number of epoxide rings is 1. The van der Waals surface area contributed by atoms with Crippen molar-refractivity contribution in [3.05, 3.63) is 76.1 Å². The first-order valence-corrected chi connectivity index (χ1v) is 6.84. The zero-order valence-corrected chi connectivity index (χ0v) is 11.4. The van der Waals surface area contributed by atoms with Crippen LogP contribution in [0.15, 0.2) is 54.7 Å². The van der Waals surface area contributed by atoms with Gasteiger partial charge in [0.25, 0.3) is 5.69 Å². The van der Waals surface area contributed by atoms with E-state index in [-0.39, 0.29) is 17.9 Å². The molecule has 22 heavy (non-hydrogen) atoms. The van der Waals surface area contributed by atoms with Crippen molar-refractivity contribution in [2.24, 2.45) is 0 Å². The molecule has 3 aromatic rings. The normalized spacial score (nSPS) is 20.0. The molecule has 2 aromatic carbocycles. The number of benzene rings is 2. The number of fused-ring (bicyclic) bond motifs is 1. The van der Waals surface area contributed by atoms with Gasteiger partial charge in [-0.1, -0.05) is 12.1 Å². The number of ether oxygens (including phenoxy) is 1. The first-order valence-electron chi connectivity index (χ1n) is 6.84. The number of non-ortho nitro benzene ring substituents is 1. The van der Waals surface area contributed by atoms with Gasteiger partial charge in [-0.3, -0.25) is 15.1 Å². The van der Waals surface area contributed by atoms with E-state index in [2.05, 4.69) is 9.97 Å². The van der Waals surface area contributed by atoms with Gasteiger partial charge in [0.05, 0.1) is 27.8 Å². The summed E-state index contributed by atoms with van der Waals surface area (Å²) in [5.41, 5.74) is 3.44. The Morgan fingerprint density at radius 2 is 1.73 bits per heavy atom. The second kappa shape index (κ2) is 4.85. The van der Waals surface area contributed by atoms with E-state index in [4.69, 9.17) is 4.74 Å². The molecule has 1 aromatic heterocycles. The summed E-state index contributed by atoms with van der Waals surface area (Å²) in [5.74, 6) is 0. The number of hydrogen-bond acceptors (Lipinski definition) is 5. The number of nitro groups is 1. The van der Waals surface area contributed by atoms with Crippen LogP contribution < -0.4 is 0 Å². The summed E-state index contributed by atoms with van der Waals surface area (Å²) >= 11 is 0. The molecule has 0 unspecified atom stereocenters. The lowest BCUT2D eigenvalue weighted by atomic mass is 10.1. The molecular weight excluding hydrogens is 282 g/mol. The highest BCUT2D eigenvalue weighted by Crippen LogP contribution is 2.50. The molecule has 108 valence electrons. The Bertz CT molecular complexity index is 864. The Labute approximate surface area is 125 Å². The monoisotopic (exact) mass is 293 g/mol. The van der Waals surface area contributed by atoms with Gasteiger partial charge in [-0.05, 0) is 29.8 Å². The molecule has 0 amide bonds. The maximum atomic E-state index is 10.7. The van der Waals surface area contributed by atoms with Crippen LogP contribution in [0.5, 0.6) is 0 Å². The minimum atomic E-state index is -0.413. The molecule has 6 nitrogen and oxygen atoms in total. The molecule has 0 bridgehead atoms. The smallest absolute Gasteiger partial charge is 0.269 e. The first kappa shape index (κ1) is 12.8. The van der Waals surface area contributed by atoms with Crippen LogP contribution in [-0.2, 0) is 4.74 Å². The third-order valence-corrected chi connectivity index (χ3v) is 3.68. The summed E-state index contributed by atoms with van der Waals surface area (Å²) in [6.07, 6.45) is 1.47. The maximum absolute atomic E-state index is 10.7. The van der Waals surface area contributed by atoms with E-state index >= 15 is 0 Å². The van der Waals surface area contributed by atoms with Crippen molar-refractivity contribution >= 4 is 16.7 Å². The van der Waals surface area contributed by atoms with Crippen molar-refractivity contribution < 1.29 is 9.66 Å². The van der Waals surface area contributed by atoms with Crippen LogP contribution in [0, 0.1) is 10.1 Å². The highest BCUT2D eigenvalue weighted by atomic mass is 16.6. The maximum Gasteiger partial charge on any atom is 0.269 e. The van der Waals surface area contributed by atoms with E-state index in [1.54, 1.807) is 18.3 Å². The van der Waals surface area contributed by atoms with Crippen molar-refractivity contribution in [3.63, 3.8) is 0 Å². The molecule has 1 fully saturated rings. The Morgan fingerprint density at radius 1 is 1.00 bits per heavy atom. The largest absolute Gasteiger partial charge is 0.358 e. The number of rotatable bonds is 3.